The highest BCUT2D eigenvalue weighted by Crippen LogP contribution is 2.25. The molecule has 2 rings (SSSR count). The summed E-state index contributed by atoms with van der Waals surface area (Å²) in [5, 5.41) is 12.3. The summed E-state index contributed by atoms with van der Waals surface area (Å²) in [7, 11) is 0. The van der Waals surface area contributed by atoms with Gasteiger partial charge >= 0.3 is 0 Å². The van der Waals surface area contributed by atoms with E-state index >= 15 is 0 Å². The Hall–Kier alpha value is -0.720. The smallest absolute Gasteiger partial charge is 0.137 e. The molecule has 0 aliphatic carbocycles. The molecule has 2 heterocycles. The van der Waals surface area contributed by atoms with E-state index in [2.05, 4.69) is 54.8 Å². The van der Waals surface area contributed by atoms with Gasteiger partial charge in [-0.25, -0.2) is 4.98 Å². The largest absolute Gasteiger partial charge is 0.309 e. The SMILES string of the molecule is CC(NCCCc1ncn[nH]1)c1cc(Br)cs1. The lowest BCUT2D eigenvalue weighted by atomic mass is 10.2. The van der Waals surface area contributed by atoms with Crippen molar-refractivity contribution in [2.75, 3.05) is 6.54 Å². The highest BCUT2D eigenvalue weighted by Gasteiger charge is 2.06. The van der Waals surface area contributed by atoms with Crippen molar-refractivity contribution in [3.8, 4) is 0 Å². The fourth-order valence-electron chi connectivity index (χ4n) is 1.58. The fraction of sp³-hybridized carbons (Fsp3) is 0.455. The van der Waals surface area contributed by atoms with Crippen LogP contribution < -0.4 is 5.32 Å². The van der Waals surface area contributed by atoms with Crippen molar-refractivity contribution >= 4 is 27.3 Å². The molecule has 0 amide bonds. The topological polar surface area (TPSA) is 53.6 Å². The van der Waals surface area contributed by atoms with Gasteiger partial charge in [-0.2, -0.15) is 5.10 Å². The van der Waals surface area contributed by atoms with Crippen LogP contribution in [0.15, 0.2) is 22.2 Å². The van der Waals surface area contributed by atoms with E-state index < -0.39 is 0 Å². The molecule has 0 bridgehead atoms. The summed E-state index contributed by atoms with van der Waals surface area (Å²) in [4.78, 5) is 5.45. The number of H-pyrrole nitrogens is 1. The van der Waals surface area contributed by atoms with E-state index in [4.69, 9.17) is 0 Å². The summed E-state index contributed by atoms with van der Waals surface area (Å²) < 4.78 is 1.16. The molecule has 0 spiro atoms. The van der Waals surface area contributed by atoms with Crippen LogP contribution in [-0.2, 0) is 6.42 Å². The number of aryl methyl sites for hydroxylation is 1. The van der Waals surface area contributed by atoms with Crippen molar-refractivity contribution in [1.29, 1.82) is 0 Å². The molecule has 0 aromatic carbocycles. The molecule has 92 valence electrons. The first-order valence-corrected chi connectivity index (χ1v) is 7.24. The van der Waals surface area contributed by atoms with E-state index in [0.29, 0.717) is 6.04 Å². The Morgan fingerprint density at radius 1 is 1.59 bits per heavy atom. The highest BCUT2D eigenvalue weighted by molar-refractivity contribution is 9.10. The predicted octanol–water partition coefficient (Wildman–Crippen LogP) is 2.91. The average molecular weight is 315 g/mol. The molecule has 2 aromatic heterocycles. The zero-order chi connectivity index (χ0) is 12.1. The molecule has 2 aromatic rings. The molecule has 0 saturated carbocycles. The van der Waals surface area contributed by atoms with Gasteiger partial charge in [-0.05, 0) is 41.9 Å². The summed E-state index contributed by atoms with van der Waals surface area (Å²) in [6.07, 6.45) is 3.55. The summed E-state index contributed by atoms with van der Waals surface area (Å²) in [5.41, 5.74) is 0. The number of hydrogen-bond donors (Lipinski definition) is 2. The molecular formula is C11H15BrN4S. The molecule has 1 atom stereocenters. The molecule has 0 radical (unpaired) electrons. The summed E-state index contributed by atoms with van der Waals surface area (Å²) in [6.45, 7) is 3.17. The van der Waals surface area contributed by atoms with Crippen LogP contribution in [-0.4, -0.2) is 21.7 Å². The number of aromatic amines is 1. The van der Waals surface area contributed by atoms with Crippen LogP contribution in [0.25, 0.3) is 0 Å². The van der Waals surface area contributed by atoms with Gasteiger partial charge in [0, 0.05) is 27.2 Å². The second-order valence-corrected chi connectivity index (χ2v) is 5.74. The Balaban J connectivity index is 1.68. The van der Waals surface area contributed by atoms with Crippen LogP contribution in [0.3, 0.4) is 0 Å². The molecule has 0 aliphatic heterocycles. The van der Waals surface area contributed by atoms with Crippen LogP contribution in [0.2, 0.25) is 0 Å². The third-order valence-corrected chi connectivity index (χ3v) is 4.40. The molecule has 2 N–H and O–H groups in total. The van der Waals surface area contributed by atoms with Crippen molar-refractivity contribution in [2.45, 2.75) is 25.8 Å². The Labute approximate surface area is 113 Å². The normalized spacial score (nSPS) is 12.8. The molecule has 4 nitrogen and oxygen atoms in total. The van der Waals surface area contributed by atoms with E-state index in [1.165, 1.54) is 4.88 Å². The van der Waals surface area contributed by atoms with Gasteiger partial charge in [0.25, 0.3) is 0 Å². The van der Waals surface area contributed by atoms with Gasteiger partial charge in [-0.3, -0.25) is 5.10 Å². The Morgan fingerprint density at radius 2 is 2.47 bits per heavy atom. The standard InChI is InChI=1S/C11H15BrN4S/c1-8(10-5-9(12)6-17-10)13-4-2-3-11-14-7-15-16-11/h5-8,13H,2-4H2,1H3,(H,14,15,16). The first-order chi connectivity index (χ1) is 8.25. The maximum atomic E-state index is 4.10. The van der Waals surface area contributed by atoms with Crippen molar-refractivity contribution < 1.29 is 0 Å². The zero-order valence-electron chi connectivity index (χ0n) is 9.61. The quantitative estimate of drug-likeness (QED) is 0.806. The Bertz CT molecular complexity index is 440. The number of nitrogens with zero attached hydrogens (tertiary/aromatic N) is 2. The number of nitrogens with one attached hydrogen (secondary N) is 2. The van der Waals surface area contributed by atoms with Gasteiger partial charge in [0.05, 0.1) is 0 Å². The van der Waals surface area contributed by atoms with E-state index in [1.54, 1.807) is 17.7 Å². The number of hydrogen-bond acceptors (Lipinski definition) is 4. The van der Waals surface area contributed by atoms with Crippen molar-refractivity contribution in [3.05, 3.63) is 32.9 Å². The highest BCUT2D eigenvalue weighted by atomic mass is 79.9. The molecule has 0 saturated heterocycles. The van der Waals surface area contributed by atoms with Crippen LogP contribution in [0, 0.1) is 0 Å². The minimum atomic E-state index is 0.404. The molecule has 1 unspecified atom stereocenters. The summed E-state index contributed by atoms with van der Waals surface area (Å²) >= 11 is 5.25. The van der Waals surface area contributed by atoms with Gasteiger partial charge in [0.1, 0.15) is 12.2 Å². The van der Waals surface area contributed by atoms with Crippen LogP contribution in [0.4, 0.5) is 0 Å². The van der Waals surface area contributed by atoms with Gasteiger partial charge in [-0.15, -0.1) is 11.3 Å². The van der Waals surface area contributed by atoms with E-state index in [1.807, 2.05) is 0 Å². The average Bonchev–Trinajstić information content (AvgIpc) is 2.95. The van der Waals surface area contributed by atoms with Crippen molar-refractivity contribution in [2.24, 2.45) is 0 Å². The summed E-state index contributed by atoms with van der Waals surface area (Å²) in [5.74, 6) is 0.957. The Morgan fingerprint density at radius 3 is 3.12 bits per heavy atom. The lowest BCUT2D eigenvalue weighted by Crippen LogP contribution is -2.19. The van der Waals surface area contributed by atoms with E-state index in [0.717, 1.165) is 29.7 Å². The number of thiophene rings is 1. The molecule has 17 heavy (non-hydrogen) atoms. The van der Waals surface area contributed by atoms with E-state index in [-0.39, 0.29) is 0 Å². The monoisotopic (exact) mass is 314 g/mol. The predicted molar refractivity (Wildman–Crippen MR) is 73.1 cm³/mol. The lowest BCUT2D eigenvalue weighted by molar-refractivity contribution is 0.561. The Kier molecular flexibility index (Phi) is 4.70. The third-order valence-electron chi connectivity index (χ3n) is 2.52. The van der Waals surface area contributed by atoms with Gasteiger partial charge in [0.2, 0.25) is 0 Å². The molecule has 0 aliphatic rings. The molecule has 0 fully saturated rings. The molecular weight excluding hydrogens is 300 g/mol. The lowest BCUT2D eigenvalue weighted by Gasteiger charge is -2.11. The van der Waals surface area contributed by atoms with E-state index in [9.17, 15) is 0 Å². The fourth-order valence-corrected chi connectivity index (χ4v) is 3.06. The van der Waals surface area contributed by atoms with Gasteiger partial charge in [0.15, 0.2) is 0 Å². The third kappa shape index (κ3) is 3.90. The number of aromatic nitrogens is 3. The number of rotatable bonds is 6. The van der Waals surface area contributed by atoms with Crippen LogP contribution in [0.1, 0.15) is 30.1 Å². The number of halogens is 1. The van der Waals surface area contributed by atoms with Crippen molar-refractivity contribution in [1.82, 2.24) is 20.5 Å². The second-order valence-electron chi connectivity index (χ2n) is 3.88. The van der Waals surface area contributed by atoms with Crippen LogP contribution >= 0.6 is 27.3 Å². The molecule has 6 heteroatoms. The minimum Gasteiger partial charge on any atom is -0.309 e. The second kappa shape index (κ2) is 6.28. The maximum absolute atomic E-state index is 4.10. The van der Waals surface area contributed by atoms with Gasteiger partial charge in [-0.1, -0.05) is 0 Å². The minimum absolute atomic E-state index is 0.404. The first-order valence-electron chi connectivity index (χ1n) is 5.57. The summed E-state index contributed by atoms with van der Waals surface area (Å²) in [6, 6.07) is 2.57. The van der Waals surface area contributed by atoms with Crippen LogP contribution in [0.5, 0.6) is 0 Å². The van der Waals surface area contributed by atoms with Gasteiger partial charge < -0.3 is 5.32 Å². The maximum Gasteiger partial charge on any atom is 0.137 e. The van der Waals surface area contributed by atoms with Crippen molar-refractivity contribution in [3.63, 3.8) is 0 Å². The first kappa shape index (κ1) is 12.7. The zero-order valence-corrected chi connectivity index (χ0v) is 12.0.